The minimum absolute atomic E-state index is 0.240. The Balaban J connectivity index is 1.66. The second-order valence-electron chi connectivity index (χ2n) is 27.1. The molecule has 0 bridgehead atoms. The Labute approximate surface area is 545 Å². The smallest absolute Gasteiger partial charge is 0.220 e. The Morgan fingerprint density at radius 3 is 1.10 bits per heavy atom. The van der Waals surface area contributed by atoms with Crippen LogP contribution >= 0.6 is 0 Å². The molecule has 0 aromatic rings. The average Bonchev–Trinajstić information content (AvgIpc) is 2.82. The zero-order chi connectivity index (χ0) is 64.5. The van der Waals surface area contributed by atoms with Gasteiger partial charge >= 0.3 is 0 Å². The summed E-state index contributed by atoms with van der Waals surface area (Å²) in [6, 6.07) is -0.930. The van der Waals surface area contributed by atoms with E-state index in [1.807, 2.05) is 6.08 Å². The first kappa shape index (κ1) is 83.6. The van der Waals surface area contributed by atoms with Crippen molar-refractivity contribution in [3.63, 3.8) is 0 Å². The normalized spacial score (nSPS) is 23.1. The lowest BCUT2D eigenvalue weighted by atomic mass is 9.97. The first-order valence-electron chi connectivity index (χ1n) is 38.1. The topological polar surface area (TPSA) is 228 Å². The molecule has 0 aliphatic carbocycles. The number of carbonyl (C=O) groups is 1. The lowest BCUT2D eigenvalue weighted by Crippen LogP contribution is -2.65. The van der Waals surface area contributed by atoms with Crippen molar-refractivity contribution in [2.45, 2.75) is 428 Å². The molecule has 0 spiro atoms. The van der Waals surface area contributed by atoms with Gasteiger partial charge in [0.1, 0.15) is 48.8 Å². The fourth-order valence-corrected chi connectivity index (χ4v) is 12.8. The van der Waals surface area contributed by atoms with E-state index in [1.165, 1.54) is 289 Å². The fourth-order valence-electron chi connectivity index (χ4n) is 12.8. The van der Waals surface area contributed by atoms with Crippen LogP contribution in [0.4, 0.5) is 0 Å². The quantitative estimate of drug-likeness (QED) is 0.0204. The van der Waals surface area contributed by atoms with Crippen LogP contribution in [-0.2, 0) is 23.7 Å². The molecule has 0 aromatic carbocycles. The Bertz CT molecular complexity index is 1590. The van der Waals surface area contributed by atoms with E-state index in [1.54, 1.807) is 6.08 Å². The largest absolute Gasteiger partial charge is 0.394 e. The lowest BCUT2D eigenvalue weighted by Gasteiger charge is -2.46. The van der Waals surface area contributed by atoms with Crippen LogP contribution in [0.5, 0.6) is 0 Å². The Morgan fingerprint density at radius 1 is 0.393 bits per heavy atom. The maximum absolute atomic E-state index is 13.4. The van der Waals surface area contributed by atoms with Gasteiger partial charge in [0.05, 0.1) is 32.0 Å². The maximum Gasteiger partial charge on any atom is 0.220 e. The molecule has 526 valence electrons. The fraction of sp³-hybridized carbons (Fsp3) is 0.933. The molecule has 0 aromatic heterocycles. The maximum atomic E-state index is 13.4. The van der Waals surface area contributed by atoms with Crippen LogP contribution in [0.3, 0.4) is 0 Å². The van der Waals surface area contributed by atoms with E-state index in [4.69, 9.17) is 18.9 Å². The number of unbranched alkanes of at least 4 members (excludes halogenated alkanes) is 49. The van der Waals surface area contributed by atoms with E-state index >= 15 is 0 Å². The number of hydrogen-bond donors (Lipinski definition) is 9. The van der Waals surface area contributed by atoms with Gasteiger partial charge in [-0.15, -0.1) is 0 Å². The molecular weight excluding hydrogens is 1120 g/mol. The molecule has 2 saturated heterocycles. The number of carbonyl (C=O) groups excluding carboxylic acids is 1. The van der Waals surface area contributed by atoms with Crippen molar-refractivity contribution in [3.8, 4) is 0 Å². The van der Waals surface area contributed by atoms with Gasteiger partial charge in [0, 0.05) is 6.42 Å². The number of nitrogens with one attached hydrogen (secondary N) is 1. The van der Waals surface area contributed by atoms with Crippen LogP contribution in [0.2, 0.25) is 0 Å². The third kappa shape index (κ3) is 44.0. The van der Waals surface area contributed by atoms with E-state index in [2.05, 4.69) is 31.3 Å². The van der Waals surface area contributed by atoms with Crippen molar-refractivity contribution >= 4 is 5.91 Å². The van der Waals surface area contributed by atoms with Crippen LogP contribution in [0, 0.1) is 0 Å². The number of amides is 1. The van der Waals surface area contributed by atoms with E-state index < -0.39 is 86.8 Å². The van der Waals surface area contributed by atoms with Crippen molar-refractivity contribution in [1.29, 1.82) is 0 Å². The molecule has 2 aliphatic rings. The van der Waals surface area contributed by atoms with E-state index in [9.17, 15) is 45.6 Å². The summed E-state index contributed by atoms with van der Waals surface area (Å²) in [6.07, 6.45) is 59.7. The number of aliphatic hydroxyl groups is 8. The first-order valence-corrected chi connectivity index (χ1v) is 38.1. The summed E-state index contributed by atoms with van der Waals surface area (Å²) in [5.41, 5.74) is 0. The zero-order valence-electron chi connectivity index (χ0n) is 57.5. The molecule has 89 heavy (non-hydrogen) atoms. The molecule has 12 unspecified atom stereocenters. The minimum Gasteiger partial charge on any atom is -0.394 e. The molecule has 14 heteroatoms. The molecule has 2 heterocycles. The second-order valence-corrected chi connectivity index (χ2v) is 27.1. The molecule has 2 rings (SSSR count). The van der Waals surface area contributed by atoms with Crippen molar-refractivity contribution in [2.24, 2.45) is 0 Å². The third-order valence-corrected chi connectivity index (χ3v) is 18.9. The van der Waals surface area contributed by atoms with Gasteiger partial charge in [0.25, 0.3) is 0 Å². The molecule has 0 radical (unpaired) electrons. The van der Waals surface area contributed by atoms with Crippen molar-refractivity contribution in [1.82, 2.24) is 5.32 Å². The highest BCUT2D eigenvalue weighted by Crippen LogP contribution is 2.30. The molecule has 2 aliphatic heterocycles. The number of allylic oxidation sites excluding steroid dienone is 3. The van der Waals surface area contributed by atoms with Crippen LogP contribution in [0.25, 0.3) is 0 Å². The zero-order valence-corrected chi connectivity index (χ0v) is 57.5. The van der Waals surface area contributed by atoms with Crippen molar-refractivity contribution < 1.29 is 64.6 Å². The van der Waals surface area contributed by atoms with Gasteiger partial charge < -0.3 is 65.1 Å². The van der Waals surface area contributed by atoms with Gasteiger partial charge in [0.2, 0.25) is 5.91 Å². The number of ether oxygens (including phenoxy) is 4. The molecule has 1 amide bonds. The monoisotopic (exact) mass is 1270 g/mol. The Kier molecular flexibility index (Phi) is 56.5. The predicted molar refractivity (Wildman–Crippen MR) is 365 cm³/mol. The van der Waals surface area contributed by atoms with Gasteiger partial charge in [0.15, 0.2) is 12.6 Å². The first-order chi connectivity index (χ1) is 43.6. The molecule has 9 N–H and O–H groups in total. The van der Waals surface area contributed by atoms with E-state index in [-0.39, 0.29) is 18.9 Å². The van der Waals surface area contributed by atoms with Gasteiger partial charge in [-0.25, -0.2) is 0 Å². The summed E-state index contributed by atoms with van der Waals surface area (Å²) in [6.45, 7) is 2.85. The highest BCUT2D eigenvalue weighted by atomic mass is 16.7. The second kappa shape index (κ2) is 60.2. The molecule has 0 saturated carbocycles. The summed E-state index contributed by atoms with van der Waals surface area (Å²) in [7, 11) is 0. The third-order valence-electron chi connectivity index (χ3n) is 18.9. The van der Waals surface area contributed by atoms with Crippen molar-refractivity contribution in [3.05, 3.63) is 24.3 Å². The molecule has 2 fully saturated rings. The number of rotatable bonds is 64. The molecular formula is C75H143NO13. The summed E-state index contributed by atoms with van der Waals surface area (Å²) in [5.74, 6) is -0.240. The van der Waals surface area contributed by atoms with Gasteiger partial charge in [-0.1, -0.05) is 340 Å². The molecule has 12 atom stereocenters. The highest BCUT2D eigenvalue weighted by Gasteiger charge is 2.51. The average molecular weight is 1270 g/mol. The van der Waals surface area contributed by atoms with Gasteiger partial charge in [-0.05, 0) is 32.1 Å². The van der Waals surface area contributed by atoms with Crippen LogP contribution in [0.15, 0.2) is 24.3 Å². The summed E-state index contributed by atoms with van der Waals surface area (Å²) in [4.78, 5) is 13.4. The summed E-state index contributed by atoms with van der Waals surface area (Å²) < 4.78 is 22.9. The van der Waals surface area contributed by atoms with E-state index in [0.717, 1.165) is 32.1 Å². The number of aliphatic hydroxyl groups excluding tert-OH is 8. The lowest BCUT2D eigenvalue weighted by molar-refractivity contribution is -0.359. The predicted octanol–water partition coefficient (Wildman–Crippen LogP) is 16.3. The number of hydrogen-bond acceptors (Lipinski definition) is 13. The standard InChI is InChI=1S/C75H143NO13/c1-3-5-7-9-11-13-15-17-19-21-23-25-27-29-31-33-34-36-38-40-42-44-46-48-50-52-54-56-58-64(79)63(62-86-74-72(85)70(83)73(66(61-78)88-74)89-75-71(84)69(82)68(81)65(60-77)87-75)76-67(80)59-57-55-53-51-49-47-45-43-41-39-37-35-32-30-28-26-24-22-20-18-16-14-12-10-8-6-4-2/h48,50,56,58,63-66,68-75,77-79,81-85H,3-47,49,51-55,57,59-62H2,1-2H3,(H,76,80)/b50-48+,58-56+. The van der Waals surface area contributed by atoms with Gasteiger partial charge in [-0.2, -0.15) is 0 Å². The summed E-state index contributed by atoms with van der Waals surface area (Å²) >= 11 is 0. The molecule has 14 nitrogen and oxygen atoms in total. The van der Waals surface area contributed by atoms with Crippen molar-refractivity contribution in [2.75, 3.05) is 19.8 Å². The van der Waals surface area contributed by atoms with E-state index in [0.29, 0.717) is 12.8 Å². The van der Waals surface area contributed by atoms with Gasteiger partial charge in [-0.3, -0.25) is 4.79 Å². The summed E-state index contributed by atoms with van der Waals surface area (Å²) in [5, 5.41) is 87.5. The Hall–Kier alpha value is -1.53. The Morgan fingerprint density at radius 2 is 0.719 bits per heavy atom. The minimum atomic E-state index is -1.79. The highest BCUT2D eigenvalue weighted by molar-refractivity contribution is 5.76. The van der Waals surface area contributed by atoms with Crippen LogP contribution in [-0.4, -0.2) is 140 Å². The van der Waals surface area contributed by atoms with Crippen LogP contribution < -0.4 is 5.32 Å². The van der Waals surface area contributed by atoms with Crippen LogP contribution in [0.1, 0.15) is 354 Å². The SMILES string of the molecule is CCCCCCCCCCCCCCCCCCCCCCCC/C=C/CC/C=C/C(O)C(COC1OC(CO)C(OC2OC(CO)C(O)C(O)C2O)C(O)C1O)NC(=O)CCCCCCCCCCCCCCCCCCCCCCCCCCCCC.